The van der Waals surface area contributed by atoms with Crippen LogP contribution in [0, 0.1) is 0 Å². The van der Waals surface area contributed by atoms with Crippen LogP contribution in [0.15, 0.2) is 155 Å². The minimum absolute atomic E-state index is 0.0404. The van der Waals surface area contributed by atoms with Crippen molar-refractivity contribution in [3.05, 3.63) is 167 Å². The number of allylic oxidation sites excluding steroid dienone is 2. The number of hydrogen-bond donors (Lipinski definition) is 1. The average Bonchev–Trinajstić information content (AvgIpc) is 3.75. The van der Waals surface area contributed by atoms with Crippen molar-refractivity contribution in [2.75, 3.05) is 0 Å². The molecule has 1 N–H and O–H groups in total. The normalized spacial score (nSPS) is 17.8. The molecule has 0 bridgehead atoms. The Morgan fingerprint density at radius 2 is 1.45 bits per heavy atom. The van der Waals surface area contributed by atoms with E-state index in [0.29, 0.717) is 0 Å². The first-order valence-corrected chi connectivity index (χ1v) is 16.3. The van der Waals surface area contributed by atoms with Gasteiger partial charge in [-0.3, -0.25) is 4.57 Å². The number of rotatable bonds is 2. The maximum atomic E-state index is 6.43. The molecule has 0 fully saturated rings. The fraction of sp³-hybridized carbons (Fsp3) is 0.0930. The molecule has 4 nitrogen and oxygen atoms in total. The van der Waals surface area contributed by atoms with Gasteiger partial charge in [0.25, 0.3) is 0 Å². The van der Waals surface area contributed by atoms with E-state index in [1.54, 1.807) is 0 Å². The summed E-state index contributed by atoms with van der Waals surface area (Å²) in [4.78, 5) is 5.53. The molecule has 10 rings (SSSR count). The van der Waals surface area contributed by atoms with E-state index in [2.05, 4.69) is 157 Å². The van der Waals surface area contributed by atoms with Crippen molar-refractivity contribution < 1.29 is 4.42 Å². The number of fused-ring (bicyclic) bond motifs is 10. The van der Waals surface area contributed by atoms with Gasteiger partial charge in [-0.2, -0.15) is 0 Å². The lowest BCUT2D eigenvalue weighted by atomic mass is 9.81. The smallest absolute Gasteiger partial charge is 0.209 e. The minimum atomic E-state index is -0.224. The highest BCUT2D eigenvalue weighted by Gasteiger charge is 2.42. The molecule has 4 heteroatoms. The van der Waals surface area contributed by atoms with Crippen LogP contribution in [0.5, 0.6) is 0 Å². The van der Waals surface area contributed by atoms with E-state index in [-0.39, 0.29) is 11.5 Å². The first-order valence-electron chi connectivity index (χ1n) is 16.3. The molecule has 47 heavy (non-hydrogen) atoms. The SMILES string of the molecule is CC1(C)c2ccccc2-c2c1c1c3c(ccc1n2C1=NC(c2ccccc2)=C2C=C(c4ccccc4)C=CC2N1)oc1ccccc13. The van der Waals surface area contributed by atoms with Gasteiger partial charge in [0.2, 0.25) is 5.96 Å². The standard InChI is InChI=1S/C43H31N3O/c1-43(2)32-19-11-9-17-29(32)41-39(43)38-34(23-24-36-37(38)30-18-10-12-20-35(30)47-36)46(41)42-44-33-22-21-28(26-13-5-3-6-14-26)25-31(33)40(45-42)27-15-7-4-8-16-27/h3-25,33H,1-2H3,(H,44,45). The van der Waals surface area contributed by atoms with Crippen molar-refractivity contribution in [2.45, 2.75) is 25.3 Å². The number of benzene rings is 5. The molecule has 0 saturated heterocycles. The van der Waals surface area contributed by atoms with Crippen LogP contribution in [0.1, 0.15) is 36.1 Å². The second-order valence-corrected chi connectivity index (χ2v) is 13.2. The monoisotopic (exact) mass is 605 g/mol. The molecule has 1 aliphatic heterocycles. The Morgan fingerprint density at radius 1 is 0.723 bits per heavy atom. The molecule has 224 valence electrons. The average molecular weight is 606 g/mol. The minimum Gasteiger partial charge on any atom is -0.456 e. The number of nitrogens with zero attached hydrogens (tertiary/aromatic N) is 2. The molecular formula is C43H31N3O. The maximum Gasteiger partial charge on any atom is 0.209 e. The number of aromatic nitrogens is 1. The Kier molecular flexibility index (Phi) is 5.37. The first-order chi connectivity index (χ1) is 23.1. The topological polar surface area (TPSA) is 42.5 Å². The van der Waals surface area contributed by atoms with Gasteiger partial charge in [0.1, 0.15) is 11.2 Å². The van der Waals surface area contributed by atoms with Crippen molar-refractivity contribution in [3.63, 3.8) is 0 Å². The molecule has 0 saturated carbocycles. The van der Waals surface area contributed by atoms with E-state index in [4.69, 9.17) is 9.41 Å². The zero-order valence-corrected chi connectivity index (χ0v) is 26.2. The number of furan rings is 1. The lowest BCUT2D eigenvalue weighted by Gasteiger charge is -2.30. The second-order valence-electron chi connectivity index (χ2n) is 13.2. The van der Waals surface area contributed by atoms with Gasteiger partial charge in [0, 0.05) is 38.3 Å². The summed E-state index contributed by atoms with van der Waals surface area (Å²) in [5.74, 6) is 0.824. The van der Waals surface area contributed by atoms with Gasteiger partial charge in [0.15, 0.2) is 0 Å². The van der Waals surface area contributed by atoms with Gasteiger partial charge < -0.3 is 9.73 Å². The zero-order valence-electron chi connectivity index (χ0n) is 26.2. The van der Waals surface area contributed by atoms with E-state index >= 15 is 0 Å². The van der Waals surface area contributed by atoms with Crippen LogP contribution >= 0.6 is 0 Å². The molecule has 0 amide bonds. The number of aliphatic imine (C=N–C) groups is 1. The van der Waals surface area contributed by atoms with E-state index in [9.17, 15) is 0 Å². The molecule has 0 radical (unpaired) electrons. The number of nitrogens with one attached hydrogen (secondary N) is 1. The van der Waals surface area contributed by atoms with Gasteiger partial charge in [-0.1, -0.05) is 129 Å². The largest absolute Gasteiger partial charge is 0.456 e. The lowest BCUT2D eigenvalue weighted by molar-refractivity contribution is 0.665. The summed E-state index contributed by atoms with van der Waals surface area (Å²) in [5, 5.41) is 7.42. The van der Waals surface area contributed by atoms with E-state index in [0.717, 1.165) is 44.7 Å². The van der Waals surface area contributed by atoms with Gasteiger partial charge in [-0.05, 0) is 46.5 Å². The summed E-state index contributed by atoms with van der Waals surface area (Å²) in [5.41, 5.74) is 13.4. The van der Waals surface area contributed by atoms with Crippen molar-refractivity contribution in [3.8, 4) is 11.3 Å². The van der Waals surface area contributed by atoms with Crippen LogP contribution in [-0.2, 0) is 5.41 Å². The van der Waals surface area contributed by atoms with E-state index in [1.165, 1.54) is 44.5 Å². The van der Waals surface area contributed by atoms with Crippen LogP contribution in [0.3, 0.4) is 0 Å². The molecule has 2 aliphatic carbocycles. The van der Waals surface area contributed by atoms with Gasteiger partial charge in [-0.25, -0.2) is 4.99 Å². The maximum absolute atomic E-state index is 6.43. The van der Waals surface area contributed by atoms with Gasteiger partial charge >= 0.3 is 0 Å². The lowest BCUT2D eigenvalue weighted by Crippen LogP contribution is -2.42. The summed E-state index contributed by atoms with van der Waals surface area (Å²) >= 11 is 0. The van der Waals surface area contributed by atoms with E-state index in [1.807, 2.05) is 6.07 Å². The molecule has 5 aromatic carbocycles. The Labute approximate surface area is 272 Å². The van der Waals surface area contributed by atoms with Crippen LogP contribution < -0.4 is 5.32 Å². The number of para-hydroxylation sites is 1. The molecule has 3 aliphatic rings. The summed E-state index contributed by atoms with van der Waals surface area (Å²) < 4.78 is 8.81. The predicted octanol–water partition coefficient (Wildman–Crippen LogP) is 10.1. The highest BCUT2D eigenvalue weighted by molar-refractivity contribution is 6.23. The summed E-state index contributed by atoms with van der Waals surface area (Å²) in [6, 6.07) is 42.7. The van der Waals surface area contributed by atoms with E-state index < -0.39 is 0 Å². The molecular weight excluding hydrogens is 574 g/mol. The Balaban J connectivity index is 1.30. The second kappa shape index (κ2) is 9.57. The van der Waals surface area contributed by atoms with Crippen molar-refractivity contribution >= 4 is 50.1 Å². The molecule has 2 aromatic heterocycles. The van der Waals surface area contributed by atoms with Gasteiger partial charge in [-0.15, -0.1) is 0 Å². The zero-order chi connectivity index (χ0) is 31.3. The van der Waals surface area contributed by atoms with Crippen molar-refractivity contribution in [2.24, 2.45) is 4.99 Å². The van der Waals surface area contributed by atoms with Crippen LogP contribution in [0.4, 0.5) is 0 Å². The Hall–Kier alpha value is -5.87. The molecule has 1 atom stereocenters. The Bertz CT molecular complexity index is 2560. The quantitative estimate of drug-likeness (QED) is 0.213. The third kappa shape index (κ3) is 3.67. The first kappa shape index (κ1) is 26.4. The fourth-order valence-electron chi connectivity index (χ4n) is 8.09. The number of hydrogen-bond acceptors (Lipinski definition) is 3. The van der Waals surface area contributed by atoms with Gasteiger partial charge in [0.05, 0.1) is 22.9 Å². The fourth-order valence-corrected chi connectivity index (χ4v) is 8.09. The predicted molar refractivity (Wildman–Crippen MR) is 193 cm³/mol. The highest BCUT2D eigenvalue weighted by Crippen LogP contribution is 2.55. The van der Waals surface area contributed by atoms with Crippen LogP contribution in [0.2, 0.25) is 0 Å². The summed E-state index contributed by atoms with van der Waals surface area (Å²) in [6.07, 6.45) is 6.81. The van der Waals surface area contributed by atoms with Crippen LogP contribution in [-0.4, -0.2) is 16.6 Å². The molecule has 7 aromatic rings. The molecule has 3 heterocycles. The van der Waals surface area contributed by atoms with Crippen molar-refractivity contribution in [1.29, 1.82) is 0 Å². The third-order valence-electron chi connectivity index (χ3n) is 10.2. The molecule has 1 unspecified atom stereocenters. The summed E-state index contributed by atoms with van der Waals surface area (Å²) in [7, 11) is 0. The third-order valence-corrected chi connectivity index (χ3v) is 10.2. The highest BCUT2D eigenvalue weighted by atomic mass is 16.3. The Morgan fingerprint density at radius 3 is 2.28 bits per heavy atom. The van der Waals surface area contributed by atoms with Crippen LogP contribution in [0.25, 0.3) is 55.4 Å². The molecule has 0 spiro atoms. The van der Waals surface area contributed by atoms with Crippen molar-refractivity contribution in [1.82, 2.24) is 9.88 Å². The summed E-state index contributed by atoms with van der Waals surface area (Å²) in [6.45, 7) is 4.71.